The molecule has 0 radical (unpaired) electrons. The van der Waals surface area contributed by atoms with E-state index in [2.05, 4.69) is 25.3 Å². The summed E-state index contributed by atoms with van der Waals surface area (Å²) < 4.78 is 1.96. The van der Waals surface area contributed by atoms with Crippen molar-refractivity contribution in [2.45, 2.75) is 57.9 Å². The number of likely N-dealkylation sites (tertiary alicyclic amines) is 1. The molecule has 2 aromatic rings. The fourth-order valence-corrected chi connectivity index (χ4v) is 6.97. The van der Waals surface area contributed by atoms with E-state index in [-0.39, 0.29) is 11.3 Å². The van der Waals surface area contributed by atoms with E-state index in [0.29, 0.717) is 11.7 Å². The van der Waals surface area contributed by atoms with Crippen molar-refractivity contribution in [3.05, 3.63) is 12.5 Å². The Hall–Kier alpha value is -2.02. The average molecular weight is 395 g/mol. The van der Waals surface area contributed by atoms with Gasteiger partial charge >= 0.3 is 0 Å². The van der Waals surface area contributed by atoms with E-state index in [4.69, 9.17) is 0 Å². The number of rotatable bonds is 5. The highest BCUT2D eigenvalue weighted by Gasteiger charge is 2.61. The van der Waals surface area contributed by atoms with Crippen molar-refractivity contribution in [2.75, 3.05) is 25.0 Å². The monoisotopic (exact) mass is 394 g/mol. The van der Waals surface area contributed by atoms with E-state index in [0.717, 1.165) is 48.8 Å². The van der Waals surface area contributed by atoms with E-state index < -0.39 is 0 Å². The fraction of sp³-hybridized carbons (Fsp3) is 0.727. The average Bonchev–Trinajstić information content (AvgIpc) is 3.35. The lowest BCUT2D eigenvalue weighted by atomic mass is 9.75. The van der Waals surface area contributed by atoms with Crippen LogP contribution in [0.15, 0.2) is 12.5 Å². The summed E-state index contributed by atoms with van der Waals surface area (Å²) in [5, 5.41) is 8.62. The van der Waals surface area contributed by atoms with Crippen molar-refractivity contribution < 1.29 is 4.79 Å². The molecule has 2 aromatic heterocycles. The van der Waals surface area contributed by atoms with E-state index in [9.17, 15) is 4.79 Å². The van der Waals surface area contributed by atoms with Crippen LogP contribution in [-0.2, 0) is 11.3 Å². The van der Waals surface area contributed by atoms with Crippen LogP contribution >= 0.6 is 0 Å². The molecule has 4 saturated carbocycles. The number of carbonyl (C=O) groups excluding carboxylic acids is 1. The largest absolute Gasteiger partial charge is 0.309 e. The van der Waals surface area contributed by atoms with Crippen LogP contribution in [0, 0.1) is 23.2 Å². The minimum atomic E-state index is -0.144. The Balaban J connectivity index is 1.20. The molecule has 7 rings (SSSR count). The summed E-state index contributed by atoms with van der Waals surface area (Å²) in [6.45, 7) is 4.18. The smallest absolute Gasteiger partial charge is 0.232 e. The first-order valence-corrected chi connectivity index (χ1v) is 11.4. The first-order valence-electron chi connectivity index (χ1n) is 11.4. The van der Waals surface area contributed by atoms with Gasteiger partial charge in [0.25, 0.3) is 0 Å². The molecule has 1 saturated heterocycles. The molecule has 2 unspecified atom stereocenters. The maximum atomic E-state index is 13.4. The molecule has 1 N–H and O–H groups in total. The van der Waals surface area contributed by atoms with Gasteiger partial charge in [0.15, 0.2) is 5.65 Å². The number of anilines is 1. The molecule has 4 bridgehead atoms. The van der Waals surface area contributed by atoms with Crippen LogP contribution in [0.2, 0.25) is 0 Å². The molecule has 0 spiro atoms. The van der Waals surface area contributed by atoms with E-state index >= 15 is 0 Å². The molecule has 3 heterocycles. The predicted octanol–water partition coefficient (Wildman–Crippen LogP) is 3.08. The Morgan fingerprint density at radius 1 is 1.07 bits per heavy atom. The van der Waals surface area contributed by atoms with Gasteiger partial charge in [0.05, 0.1) is 23.5 Å². The number of fused-ring (bicyclic) bond motifs is 1. The molecule has 1 amide bonds. The van der Waals surface area contributed by atoms with Crippen molar-refractivity contribution in [1.29, 1.82) is 0 Å². The molecule has 5 aliphatic rings. The minimum Gasteiger partial charge on any atom is -0.309 e. The number of hydrogen-bond acceptors (Lipinski definition) is 5. The lowest BCUT2D eigenvalue weighted by Gasteiger charge is -2.31. The number of piperidine rings is 1. The quantitative estimate of drug-likeness (QED) is 0.843. The third-order valence-electron chi connectivity index (χ3n) is 8.18. The van der Waals surface area contributed by atoms with Gasteiger partial charge in [-0.3, -0.25) is 4.79 Å². The van der Waals surface area contributed by atoms with Gasteiger partial charge in [0.1, 0.15) is 12.1 Å². The number of nitrogens with zero attached hydrogens (tertiary/aromatic N) is 5. The summed E-state index contributed by atoms with van der Waals surface area (Å²) in [5.41, 5.74) is 0.678. The Bertz CT molecular complexity index is 919. The standard InChI is InChI=1S/C22H30N6O/c29-21(22-11-15-8-16(12-22)10-17(22)9-15)26-19-18-13-25-28(20(18)24-14-23-19)7-6-27-4-2-1-3-5-27/h13-17H,1-12H2,(H,23,24,26,29). The van der Waals surface area contributed by atoms with Gasteiger partial charge in [0.2, 0.25) is 5.91 Å². The Morgan fingerprint density at radius 2 is 1.86 bits per heavy atom. The zero-order valence-corrected chi connectivity index (χ0v) is 17.0. The first kappa shape index (κ1) is 17.8. The molecular weight excluding hydrogens is 364 g/mol. The highest BCUT2D eigenvalue weighted by molar-refractivity contribution is 6.01. The molecule has 0 aromatic carbocycles. The Morgan fingerprint density at radius 3 is 2.66 bits per heavy atom. The van der Waals surface area contributed by atoms with Crippen LogP contribution in [0.3, 0.4) is 0 Å². The molecule has 5 fully saturated rings. The Labute approximate surface area is 171 Å². The van der Waals surface area contributed by atoms with Gasteiger partial charge in [-0.05, 0) is 75.8 Å². The summed E-state index contributed by atoms with van der Waals surface area (Å²) in [5.74, 6) is 2.93. The van der Waals surface area contributed by atoms with Gasteiger partial charge in [-0.25, -0.2) is 14.6 Å². The lowest BCUT2D eigenvalue weighted by Crippen LogP contribution is -2.37. The maximum absolute atomic E-state index is 13.4. The van der Waals surface area contributed by atoms with Crippen molar-refractivity contribution in [2.24, 2.45) is 23.2 Å². The number of aromatic nitrogens is 4. The van der Waals surface area contributed by atoms with E-state index in [1.165, 1.54) is 51.6 Å². The molecule has 2 atom stereocenters. The lowest BCUT2D eigenvalue weighted by molar-refractivity contribution is -0.127. The van der Waals surface area contributed by atoms with Crippen LogP contribution in [0.25, 0.3) is 11.0 Å². The second-order valence-electron chi connectivity index (χ2n) is 9.88. The van der Waals surface area contributed by atoms with Crippen LogP contribution < -0.4 is 5.32 Å². The SMILES string of the molecule is O=C(Nc1ncnc2c1cnn2CCN1CCCCC1)C12CC3CC(CC1C3)C2. The summed E-state index contributed by atoms with van der Waals surface area (Å²) in [7, 11) is 0. The molecule has 1 aliphatic heterocycles. The molecule has 7 heteroatoms. The maximum Gasteiger partial charge on any atom is 0.232 e. The van der Waals surface area contributed by atoms with Crippen molar-refractivity contribution in [1.82, 2.24) is 24.6 Å². The second kappa shape index (κ2) is 6.76. The van der Waals surface area contributed by atoms with E-state index in [1.54, 1.807) is 6.33 Å². The number of hydrogen-bond donors (Lipinski definition) is 1. The van der Waals surface area contributed by atoms with Crippen LogP contribution in [0.1, 0.15) is 51.4 Å². The molecular formula is C22H30N6O. The van der Waals surface area contributed by atoms with Gasteiger partial charge in [-0.2, -0.15) is 5.10 Å². The highest BCUT2D eigenvalue weighted by atomic mass is 16.2. The highest BCUT2D eigenvalue weighted by Crippen LogP contribution is 2.65. The summed E-state index contributed by atoms with van der Waals surface area (Å²) in [4.78, 5) is 24.8. The number of carbonyl (C=O) groups is 1. The van der Waals surface area contributed by atoms with Crippen LogP contribution in [-0.4, -0.2) is 50.2 Å². The van der Waals surface area contributed by atoms with Gasteiger partial charge in [-0.15, -0.1) is 0 Å². The summed E-state index contributed by atoms with van der Waals surface area (Å²) in [6, 6.07) is 0. The predicted molar refractivity (Wildman–Crippen MR) is 110 cm³/mol. The van der Waals surface area contributed by atoms with Gasteiger partial charge in [-0.1, -0.05) is 6.42 Å². The molecule has 29 heavy (non-hydrogen) atoms. The Kier molecular flexibility index (Phi) is 4.15. The van der Waals surface area contributed by atoms with Crippen molar-refractivity contribution >= 4 is 22.8 Å². The molecule has 7 nitrogen and oxygen atoms in total. The second-order valence-corrected chi connectivity index (χ2v) is 9.88. The third kappa shape index (κ3) is 2.88. The topological polar surface area (TPSA) is 75.9 Å². The first-order chi connectivity index (χ1) is 14.2. The van der Waals surface area contributed by atoms with Crippen molar-refractivity contribution in [3.63, 3.8) is 0 Å². The van der Waals surface area contributed by atoms with Crippen LogP contribution in [0.4, 0.5) is 5.82 Å². The van der Waals surface area contributed by atoms with Gasteiger partial charge in [0, 0.05) is 6.54 Å². The molecule has 154 valence electrons. The minimum absolute atomic E-state index is 0.144. The zero-order chi connectivity index (χ0) is 19.4. The normalized spacial score (nSPS) is 33.6. The van der Waals surface area contributed by atoms with Crippen LogP contribution in [0.5, 0.6) is 0 Å². The van der Waals surface area contributed by atoms with Gasteiger partial charge < -0.3 is 10.2 Å². The van der Waals surface area contributed by atoms with E-state index in [1.807, 2.05) is 10.9 Å². The van der Waals surface area contributed by atoms with Crippen molar-refractivity contribution in [3.8, 4) is 0 Å². The molecule has 4 aliphatic carbocycles. The fourth-order valence-electron chi connectivity index (χ4n) is 6.97. The number of nitrogens with one attached hydrogen (secondary N) is 1. The zero-order valence-electron chi connectivity index (χ0n) is 17.0. The third-order valence-corrected chi connectivity index (χ3v) is 8.18. The summed E-state index contributed by atoms with van der Waals surface area (Å²) >= 11 is 0. The number of amides is 1. The summed E-state index contributed by atoms with van der Waals surface area (Å²) in [6.07, 6.45) is 13.3.